The predicted molar refractivity (Wildman–Crippen MR) is 72.0 cm³/mol. The van der Waals surface area contributed by atoms with Crippen LogP contribution < -0.4 is 0 Å². The van der Waals surface area contributed by atoms with Gasteiger partial charge in [0.05, 0.1) is 17.8 Å². The first-order chi connectivity index (χ1) is 8.68. The maximum absolute atomic E-state index is 12.2. The normalized spacial score (nSPS) is 10.1. The lowest BCUT2D eigenvalue weighted by Gasteiger charge is -2.17. The van der Waals surface area contributed by atoms with Gasteiger partial charge >= 0.3 is 0 Å². The van der Waals surface area contributed by atoms with E-state index in [0.29, 0.717) is 16.7 Å². The number of nitrogens with zero attached hydrogens (tertiary/aromatic N) is 3. The molecule has 4 nitrogen and oxygen atoms in total. The third-order valence-electron chi connectivity index (χ3n) is 2.46. The molecule has 0 aliphatic rings. The summed E-state index contributed by atoms with van der Waals surface area (Å²) in [5, 5.41) is 0. The minimum Gasteiger partial charge on any atom is -0.336 e. The van der Waals surface area contributed by atoms with Crippen molar-refractivity contribution in [3.8, 4) is 0 Å². The zero-order valence-electron chi connectivity index (χ0n) is 9.88. The molecule has 0 radical (unpaired) electrons. The minimum atomic E-state index is -0.0828. The van der Waals surface area contributed by atoms with E-state index in [9.17, 15) is 4.79 Å². The zero-order chi connectivity index (χ0) is 13.0. The highest BCUT2D eigenvalue weighted by atomic mass is 79.9. The Morgan fingerprint density at radius 3 is 2.67 bits per heavy atom. The summed E-state index contributed by atoms with van der Waals surface area (Å²) in [6.07, 6.45) is 3.35. The van der Waals surface area contributed by atoms with E-state index in [4.69, 9.17) is 0 Å². The molecule has 0 saturated carbocycles. The van der Waals surface area contributed by atoms with Crippen LogP contribution in [-0.2, 0) is 6.54 Å². The molecule has 0 aromatic carbocycles. The Bertz CT molecular complexity index is 545. The Morgan fingerprint density at radius 2 is 2.00 bits per heavy atom. The van der Waals surface area contributed by atoms with Crippen molar-refractivity contribution in [2.45, 2.75) is 6.54 Å². The lowest BCUT2D eigenvalue weighted by Crippen LogP contribution is -2.27. The van der Waals surface area contributed by atoms with E-state index in [1.54, 1.807) is 36.5 Å². The molecule has 0 aliphatic carbocycles. The number of amides is 1. The van der Waals surface area contributed by atoms with Gasteiger partial charge in [0.15, 0.2) is 0 Å². The van der Waals surface area contributed by atoms with E-state index in [2.05, 4.69) is 25.9 Å². The lowest BCUT2D eigenvalue weighted by atomic mass is 10.2. The van der Waals surface area contributed by atoms with Crippen molar-refractivity contribution >= 4 is 21.8 Å². The quantitative estimate of drug-likeness (QED) is 0.819. The molecule has 2 aromatic heterocycles. The van der Waals surface area contributed by atoms with Crippen LogP contribution in [0.2, 0.25) is 0 Å². The minimum absolute atomic E-state index is 0.0828. The van der Waals surface area contributed by atoms with Gasteiger partial charge in [0, 0.05) is 19.4 Å². The maximum atomic E-state index is 12.2. The fourth-order valence-electron chi connectivity index (χ4n) is 1.56. The van der Waals surface area contributed by atoms with Crippen LogP contribution in [0.1, 0.15) is 16.1 Å². The molecule has 2 aromatic rings. The first-order valence-electron chi connectivity index (χ1n) is 5.44. The monoisotopic (exact) mass is 305 g/mol. The van der Waals surface area contributed by atoms with Crippen molar-refractivity contribution in [3.63, 3.8) is 0 Å². The second-order valence-electron chi connectivity index (χ2n) is 3.82. The summed E-state index contributed by atoms with van der Waals surface area (Å²) >= 11 is 3.28. The van der Waals surface area contributed by atoms with Crippen molar-refractivity contribution in [2.75, 3.05) is 7.05 Å². The van der Waals surface area contributed by atoms with Crippen molar-refractivity contribution in [1.29, 1.82) is 0 Å². The van der Waals surface area contributed by atoms with E-state index in [-0.39, 0.29) is 5.91 Å². The summed E-state index contributed by atoms with van der Waals surface area (Å²) in [5.41, 5.74) is 1.41. The van der Waals surface area contributed by atoms with E-state index >= 15 is 0 Å². The number of carbonyl (C=O) groups is 1. The summed E-state index contributed by atoms with van der Waals surface area (Å²) in [6.45, 7) is 0.473. The standard InChI is InChI=1S/C13H12BrN3O/c1-17(9-10-5-2-3-7-15-10)13(18)11-6-4-8-16-12(11)14/h2-8H,9H2,1H3. The highest BCUT2D eigenvalue weighted by molar-refractivity contribution is 9.10. The highest BCUT2D eigenvalue weighted by Gasteiger charge is 2.15. The van der Waals surface area contributed by atoms with E-state index in [1.807, 2.05) is 18.2 Å². The van der Waals surface area contributed by atoms with Crippen LogP contribution in [0.3, 0.4) is 0 Å². The third kappa shape index (κ3) is 2.92. The van der Waals surface area contributed by atoms with Gasteiger partial charge in [-0.05, 0) is 40.2 Å². The largest absolute Gasteiger partial charge is 0.336 e. The van der Waals surface area contributed by atoms with Gasteiger partial charge < -0.3 is 4.90 Å². The van der Waals surface area contributed by atoms with Crippen LogP contribution >= 0.6 is 15.9 Å². The van der Waals surface area contributed by atoms with Gasteiger partial charge in [-0.15, -0.1) is 0 Å². The topological polar surface area (TPSA) is 46.1 Å². The van der Waals surface area contributed by atoms with E-state index in [1.165, 1.54) is 0 Å². The van der Waals surface area contributed by atoms with Gasteiger partial charge in [-0.1, -0.05) is 6.07 Å². The van der Waals surface area contributed by atoms with Gasteiger partial charge in [-0.3, -0.25) is 9.78 Å². The molecule has 0 atom stereocenters. The number of hydrogen-bond donors (Lipinski definition) is 0. The van der Waals surface area contributed by atoms with Gasteiger partial charge in [-0.25, -0.2) is 4.98 Å². The average Bonchev–Trinajstić information content (AvgIpc) is 2.39. The second kappa shape index (κ2) is 5.73. The number of halogens is 1. The molecule has 0 saturated heterocycles. The Morgan fingerprint density at radius 1 is 1.22 bits per heavy atom. The molecule has 1 amide bonds. The second-order valence-corrected chi connectivity index (χ2v) is 4.58. The molecule has 0 unspecified atom stereocenters. The van der Waals surface area contributed by atoms with Crippen LogP contribution in [0.5, 0.6) is 0 Å². The smallest absolute Gasteiger partial charge is 0.256 e. The SMILES string of the molecule is CN(Cc1ccccn1)C(=O)c1cccnc1Br. The summed E-state index contributed by atoms with van der Waals surface area (Å²) in [5.74, 6) is -0.0828. The van der Waals surface area contributed by atoms with E-state index in [0.717, 1.165) is 5.69 Å². The molecule has 5 heteroatoms. The molecule has 18 heavy (non-hydrogen) atoms. The molecular formula is C13H12BrN3O. The Balaban J connectivity index is 2.13. The lowest BCUT2D eigenvalue weighted by molar-refractivity contribution is 0.0782. The molecule has 0 fully saturated rings. The van der Waals surface area contributed by atoms with Crippen molar-refractivity contribution in [1.82, 2.24) is 14.9 Å². The average molecular weight is 306 g/mol. The molecule has 0 bridgehead atoms. The third-order valence-corrected chi connectivity index (χ3v) is 3.09. The molecule has 0 spiro atoms. The van der Waals surface area contributed by atoms with Crippen LogP contribution in [0.25, 0.3) is 0 Å². The van der Waals surface area contributed by atoms with Gasteiger partial charge in [0.1, 0.15) is 4.60 Å². The Labute approximate surface area is 114 Å². The van der Waals surface area contributed by atoms with Gasteiger partial charge in [0.25, 0.3) is 5.91 Å². The highest BCUT2D eigenvalue weighted by Crippen LogP contribution is 2.15. The van der Waals surface area contributed by atoms with Crippen molar-refractivity contribution in [2.24, 2.45) is 0 Å². The number of aromatic nitrogens is 2. The molecule has 92 valence electrons. The van der Waals surface area contributed by atoms with Crippen LogP contribution in [0, 0.1) is 0 Å². The summed E-state index contributed by atoms with van der Waals surface area (Å²) in [7, 11) is 1.75. The van der Waals surface area contributed by atoms with E-state index < -0.39 is 0 Å². The number of hydrogen-bond acceptors (Lipinski definition) is 3. The summed E-state index contributed by atoms with van der Waals surface area (Å²) in [6, 6.07) is 9.13. The van der Waals surface area contributed by atoms with Crippen LogP contribution in [0.15, 0.2) is 47.3 Å². The fourth-order valence-corrected chi connectivity index (χ4v) is 1.98. The maximum Gasteiger partial charge on any atom is 0.256 e. The van der Waals surface area contributed by atoms with Crippen molar-refractivity contribution < 1.29 is 4.79 Å². The zero-order valence-corrected chi connectivity index (χ0v) is 11.5. The molecular weight excluding hydrogens is 294 g/mol. The number of rotatable bonds is 3. The van der Waals surface area contributed by atoms with Crippen LogP contribution in [-0.4, -0.2) is 27.8 Å². The van der Waals surface area contributed by atoms with Crippen molar-refractivity contribution in [3.05, 3.63) is 58.6 Å². The summed E-state index contributed by atoms with van der Waals surface area (Å²) < 4.78 is 0.558. The molecule has 2 heterocycles. The first-order valence-corrected chi connectivity index (χ1v) is 6.23. The number of pyridine rings is 2. The first kappa shape index (κ1) is 12.7. The molecule has 2 rings (SSSR count). The molecule has 0 N–H and O–H groups in total. The van der Waals surface area contributed by atoms with Crippen LogP contribution in [0.4, 0.5) is 0 Å². The predicted octanol–water partition coefficient (Wildman–Crippen LogP) is 2.51. The fraction of sp³-hybridized carbons (Fsp3) is 0.154. The Hall–Kier alpha value is -1.75. The van der Waals surface area contributed by atoms with Gasteiger partial charge in [0.2, 0.25) is 0 Å². The Kier molecular flexibility index (Phi) is 4.04. The molecule has 0 aliphatic heterocycles. The number of carbonyl (C=O) groups excluding carboxylic acids is 1. The summed E-state index contributed by atoms with van der Waals surface area (Å²) in [4.78, 5) is 22.1. The van der Waals surface area contributed by atoms with Gasteiger partial charge in [-0.2, -0.15) is 0 Å².